The van der Waals surface area contributed by atoms with Crippen LogP contribution in [0.15, 0.2) is 57.7 Å². The van der Waals surface area contributed by atoms with E-state index in [2.05, 4.69) is 20.1 Å². The second-order valence-corrected chi connectivity index (χ2v) is 8.47. The average molecular weight is 419 g/mol. The number of aromatic nitrogens is 3. The number of thiazole rings is 1. The van der Waals surface area contributed by atoms with Gasteiger partial charge in [0.25, 0.3) is 15.6 Å². The van der Waals surface area contributed by atoms with Gasteiger partial charge in [-0.2, -0.15) is 5.10 Å². The van der Waals surface area contributed by atoms with Crippen LogP contribution in [0.4, 0.5) is 10.8 Å². The molecule has 0 saturated heterocycles. The lowest BCUT2D eigenvalue weighted by Gasteiger charge is -2.14. The van der Waals surface area contributed by atoms with E-state index in [-0.39, 0.29) is 15.6 Å². The minimum atomic E-state index is -3.77. The Morgan fingerprint density at radius 3 is 2.54 bits per heavy atom. The van der Waals surface area contributed by atoms with E-state index in [4.69, 9.17) is 0 Å². The number of sulfonamides is 1. The average Bonchev–Trinajstić information content (AvgIpc) is 3.16. The second kappa shape index (κ2) is 7.90. The molecule has 28 heavy (non-hydrogen) atoms. The van der Waals surface area contributed by atoms with Crippen LogP contribution in [0.3, 0.4) is 0 Å². The summed E-state index contributed by atoms with van der Waals surface area (Å²) in [6.07, 6.45) is 1.50. The molecule has 0 aliphatic carbocycles. The van der Waals surface area contributed by atoms with Gasteiger partial charge in [-0.15, -0.1) is 11.3 Å². The van der Waals surface area contributed by atoms with Crippen molar-refractivity contribution < 1.29 is 13.2 Å². The van der Waals surface area contributed by atoms with Crippen LogP contribution < -0.4 is 15.6 Å². The third-order valence-electron chi connectivity index (χ3n) is 3.79. The van der Waals surface area contributed by atoms with Crippen LogP contribution in [0.1, 0.15) is 18.7 Å². The van der Waals surface area contributed by atoms with E-state index in [1.165, 1.54) is 47.9 Å². The lowest BCUT2D eigenvalue weighted by molar-refractivity contribution is -0.119. The van der Waals surface area contributed by atoms with Crippen molar-refractivity contribution in [1.29, 1.82) is 0 Å². The highest BCUT2D eigenvalue weighted by Gasteiger charge is 2.19. The van der Waals surface area contributed by atoms with Crippen LogP contribution in [-0.4, -0.2) is 29.1 Å². The zero-order valence-electron chi connectivity index (χ0n) is 15.0. The third-order valence-corrected chi connectivity index (χ3v) is 5.96. The Morgan fingerprint density at radius 2 is 1.89 bits per heavy atom. The largest absolute Gasteiger partial charge is 0.324 e. The summed E-state index contributed by atoms with van der Waals surface area (Å²) in [5.74, 6) is -0.447. The van der Waals surface area contributed by atoms with Crippen LogP contribution in [0.5, 0.6) is 0 Å². The van der Waals surface area contributed by atoms with Gasteiger partial charge in [0.2, 0.25) is 5.91 Å². The molecular weight excluding hydrogens is 402 g/mol. The monoisotopic (exact) mass is 419 g/mol. The number of carbonyl (C=O) groups is 1. The van der Waals surface area contributed by atoms with E-state index in [9.17, 15) is 18.0 Å². The Bertz CT molecular complexity index is 1140. The number of hydrogen-bond acceptors (Lipinski definition) is 7. The molecule has 0 fully saturated rings. The molecule has 3 aromatic rings. The number of anilines is 2. The number of rotatable bonds is 6. The summed E-state index contributed by atoms with van der Waals surface area (Å²) in [4.78, 5) is 28.2. The molecular formula is C17H17N5O4S2. The van der Waals surface area contributed by atoms with Gasteiger partial charge in [0.15, 0.2) is 5.13 Å². The number of amides is 1. The van der Waals surface area contributed by atoms with Gasteiger partial charge in [0, 0.05) is 23.3 Å². The fourth-order valence-electron chi connectivity index (χ4n) is 2.32. The van der Waals surface area contributed by atoms with E-state index < -0.39 is 22.0 Å². The summed E-state index contributed by atoms with van der Waals surface area (Å²) in [7, 11) is -3.77. The molecule has 0 radical (unpaired) electrons. The van der Waals surface area contributed by atoms with Crippen molar-refractivity contribution in [3.63, 3.8) is 0 Å². The molecule has 1 atom stereocenters. The van der Waals surface area contributed by atoms with Crippen molar-refractivity contribution >= 4 is 38.1 Å². The molecule has 146 valence electrons. The van der Waals surface area contributed by atoms with E-state index in [0.717, 1.165) is 4.68 Å². The topological polar surface area (TPSA) is 123 Å². The molecule has 0 aliphatic heterocycles. The fraction of sp³-hybridized carbons (Fsp3) is 0.176. The van der Waals surface area contributed by atoms with Gasteiger partial charge < -0.3 is 5.32 Å². The first-order valence-electron chi connectivity index (χ1n) is 8.16. The fourth-order valence-corrected chi connectivity index (χ4v) is 4.11. The molecule has 2 aromatic heterocycles. The Kier molecular flexibility index (Phi) is 5.56. The second-order valence-electron chi connectivity index (χ2n) is 5.89. The van der Waals surface area contributed by atoms with Crippen molar-refractivity contribution in [3.05, 3.63) is 64.0 Å². The molecule has 1 aromatic carbocycles. The van der Waals surface area contributed by atoms with Crippen molar-refractivity contribution in [2.45, 2.75) is 24.8 Å². The molecule has 2 N–H and O–H groups in total. The van der Waals surface area contributed by atoms with Crippen molar-refractivity contribution in [1.82, 2.24) is 14.8 Å². The quantitative estimate of drug-likeness (QED) is 0.630. The Hall–Kier alpha value is -3.05. The molecule has 2 heterocycles. The highest BCUT2D eigenvalue weighted by atomic mass is 32.2. The summed E-state index contributed by atoms with van der Waals surface area (Å²) in [6.45, 7) is 3.28. The summed E-state index contributed by atoms with van der Waals surface area (Å²) in [5.41, 5.74) is 0.621. The summed E-state index contributed by atoms with van der Waals surface area (Å²) < 4.78 is 28.1. The zero-order chi connectivity index (χ0) is 20.3. The maximum absolute atomic E-state index is 12.4. The number of nitrogens with zero attached hydrogens (tertiary/aromatic N) is 3. The normalized spacial score (nSPS) is 12.4. The number of carbonyl (C=O) groups excluding carboxylic acids is 1. The molecule has 1 amide bonds. The Morgan fingerprint density at radius 1 is 1.18 bits per heavy atom. The van der Waals surface area contributed by atoms with Crippen LogP contribution in [0.2, 0.25) is 0 Å². The minimum absolute atomic E-state index is 0.0327. The van der Waals surface area contributed by atoms with Gasteiger partial charge in [-0.25, -0.2) is 18.1 Å². The van der Waals surface area contributed by atoms with Crippen molar-refractivity contribution in [2.24, 2.45) is 0 Å². The molecule has 9 nitrogen and oxygen atoms in total. The maximum Gasteiger partial charge on any atom is 0.267 e. The molecule has 11 heteroatoms. The first kappa shape index (κ1) is 19.7. The minimum Gasteiger partial charge on any atom is -0.324 e. The Balaban J connectivity index is 1.72. The van der Waals surface area contributed by atoms with E-state index in [1.807, 2.05) is 0 Å². The predicted octanol–water partition coefficient (Wildman–Crippen LogP) is 2.01. The molecule has 0 saturated carbocycles. The molecule has 0 aliphatic rings. The molecule has 0 spiro atoms. The number of hydrogen-bond donors (Lipinski definition) is 2. The highest BCUT2D eigenvalue weighted by Crippen LogP contribution is 2.20. The van der Waals surface area contributed by atoms with Crippen molar-refractivity contribution in [3.8, 4) is 0 Å². The van der Waals surface area contributed by atoms with Crippen LogP contribution >= 0.6 is 11.3 Å². The van der Waals surface area contributed by atoms with Gasteiger partial charge in [0.1, 0.15) is 6.04 Å². The third kappa shape index (κ3) is 4.43. The standard InChI is InChI=1S/C17H17N5O4S2/c1-11-3-8-15(23)22(20-11)12(2)16(24)19-13-4-6-14(7-5-13)28(25,26)21-17-18-9-10-27-17/h3-10,12H,1-2H3,(H,18,21)(H,19,24). The smallest absolute Gasteiger partial charge is 0.267 e. The summed E-state index contributed by atoms with van der Waals surface area (Å²) in [5, 5.41) is 8.64. The van der Waals surface area contributed by atoms with Crippen LogP contribution in [0, 0.1) is 6.92 Å². The van der Waals surface area contributed by atoms with E-state index in [1.54, 1.807) is 25.3 Å². The lowest BCUT2D eigenvalue weighted by atomic mass is 10.2. The summed E-state index contributed by atoms with van der Waals surface area (Å²) >= 11 is 1.17. The van der Waals surface area contributed by atoms with Gasteiger partial charge in [0.05, 0.1) is 10.6 Å². The molecule has 1 unspecified atom stereocenters. The highest BCUT2D eigenvalue weighted by molar-refractivity contribution is 7.93. The number of nitrogens with one attached hydrogen (secondary N) is 2. The van der Waals surface area contributed by atoms with Gasteiger partial charge in [-0.3, -0.25) is 14.3 Å². The number of aryl methyl sites for hydroxylation is 1. The number of benzene rings is 1. The maximum atomic E-state index is 12.4. The van der Waals surface area contributed by atoms with Gasteiger partial charge in [-0.1, -0.05) is 0 Å². The Labute approximate surface area is 165 Å². The van der Waals surface area contributed by atoms with E-state index >= 15 is 0 Å². The van der Waals surface area contributed by atoms with Crippen LogP contribution in [-0.2, 0) is 14.8 Å². The SMILES string of the molecule is Cc1ccc(=O)n(C(C)C(=O)Nc2ccc(S(=O)(=O)Nc3nccs3)cc2)n1. The van der Waals surface area contributed by atoms with Gasteiger partial charge in [-0.05, 0) is 44.2 Å². The van der Waals surface area contributed by atoms with Crippen LogP contribution in [0.25, 0.3) is 0 Å². The zero-order valence-corrected chi connectivity index (χ0v) is 16.6. The molecule has 0 bridgehead atoms. The first-order chi connectivity index (χ1) is 13.3. The predicted molar refractivity (Wildman–Crippen MR) is 106 cm³/mol. The lowest BCUT2D eigenvalue weighted by Crippen LogP contribution is -2.33. The van der Waals surface area contributed by atoms with Crippen molar-refractivity contribution in [2.75, 3.05) is 10.0 Å². The van der Waals surface area contributed by atoms with E-state index in [0.29, 0.717) is 11.4 Å². The summed E-state index contributed by atoms with van der Waals surface area (Å²) in [6, 6.07) is 7.76. The first-order valence-corrected chi connectivity index (χ1v) is 10.5. The molecule has 3 rings (SSSR count). The van der Waals surface area contributed by atoms with Gasteiger partial charge >= 0.3 is 0 Å².